The van der Waals surface area contributed by atoms with Crippen molar-refractivity contribution in [3.8, 4) is 0 Å². The van der Waals surface area contributed by atoms with Crippen LogP contribution < -0.4 is 16.4 Å². The Morgan fingerprint density at radius 2 is 2.36 bits per heavy atom. The van der Waals surface area contributed by atoms with Crippen LogP contribution in [0.25, 0.3) is 5.52 Å². The molecule has 1 aliphatic rings. The SMILES string of the molecule is CC1(C)CNCC[C@H]1Nc1c(C(N)=O)cnn2cc(Br)cc12. The number of carbonyl (C=O) groups excluding carboxylic acids is 1. The standard InChI is InChI=1S/C15H20BrN5O/c1-15(2)8-18-4-3-12(15)20-13-10(14(17)22)6-19-21-7-9(16)5-11(13)21/h5-7,12,18,20H,3-4,8H2,1-2H3,(H2,17,22)/t12-/m1/s1. The van der Waals surface area contributed by atoms with E-state index in [0.717, 1.165) is 35.2 Å². The molecule has 0 spiro atoms. The highest BCUT2D eigenvalue weighted by Crippen LogP contribution is 2.32. The van der Waals surface area contributed by atoms with E-state index < -0.39 is 5.91 Å². The minimum Gasteiger partial charge on any atom is -0.379 e. The number of rotatable bonds is 3. The van der Waals surface area contributed by atoms with Crippen molar-refractivity contribution in [2.75, 3.05) is 18.4 Å². The van der Waals surface area contributed by atoms with E-state index in [1.807, 2.05) is 12.3 Å². The Morgan fingerprint density at radius 1 is 1.59 bits per heavy atom. The molecule has 0 aliphatic carbocycles. The first kappa shape index (κ1) is 15.3. The van der Waals surface area contributed by atoms with Gasteiger partial charge in [0.05, 0.1) is 23.0 Å². The third kappa shape index (κ3) is 2.70. The van der Waals surface area contributed by atoms with E-state index in [-0.39, 0.29) is 11.5 Å². The van der Waals surface area contributed by atoms with Crippen LogP contribution in [0.4, 0.5) is 5.69 Å². The smallest absolute Gasteiger partial charge is 0.252 e. The summed E-state index contributed by atoms with van der Waals surface area (Å²) in [6, 6.07) is 2.20. The number of hydrogen-bond donors (Lipinski definition) is 3. The number of piperidine rings is 1. The molecule has 22 heavy (non-hydrogen) atoms. The highest BCUT2D eigenvalue weighted by atomic mass is 79.9. The van der Waals surface area contributed by atoms with Crippen molar-refractivity contribution in [2.24, 2.45) is 11.1 Å². The van der Waals surface area contributed by atoms with Crippen LogP contribution in [-0.4, -0.2) is 34.7 Å². The van der Waals surface area contributed by atoms with Crippen LogP contribution in [0.2, 0.25) is 0 Å². The molecule has 6 nitrogen and oxygen atoms in total. The second-order valence-electron chi connectivity index (χ2n) is 6.44. The van der Waals surface area contributed by atoms with Crippen molar-refractivity contribution >= 4 is 33.0 Å². The number of anilines is 1. The van der Waals surface area contributed by atoms with Gasteiger partial charge in [-0.15, -0.1) is 0 Å². The summed E-state index contributed by atoms with van der Waals surface area (Å²) in [4.78, 5) is 11.8. The Kier molecular flexibility index (Phi) is 3.86. The lowest BCUT2D eigenvalue weighted by atomic mass is 9.80. The molecule has 0 radical (unpaired) electrons. The lowest BCUT2D eigenvalue weighted by Crippen LogP contribution is -2.50. The van der Waals surface area contributed by atoms with Crippen LogP contribution in [0.15, 0.2) is 22.9 Å². The van der Waals surface area contributed by atoms with Gasteiger partial charge in [-0.1, -0.05) is 13.8 Å². The van der Waals surface area contributed by atoms with Crippen molar-refractivity contribution in [3.05, 3.63) is 28.5 Å². The van der Waals surface area contributed by atoms with Gasteiger partial charge in [0.2, 0.25) is 0 Å². The summed E-state index contributed by atoms with van der Waals surface area (Å²) in [5.41, 5.74) is 7.64. The fourth-order valence-corrected chi connectivity index (χ4v) is 3.39. The van der Waals surface area contributed by atoms with Gasteiger partial charge in [-0.05, 0) is 40.4 Å². The van der Waals surface area contributed by atoms with Gasteiger partial charge in [-0.2, -0.15) is 5.10 Å². The van der Waals surface area contributed by atoms with Gasteiger partial charge < -0.3 is 16.4 Å². The van der Waals surface area contributed by atoms with Gasteiger partial charge in [0.15, 0.2) is 0 Å². The zero-order valence-corrected chi connectivity index (χ0v) is 14.3. The molecule has 4 N–H and O–H groups in total. The number of nitrogens with zero attached hydrogens (tertiary/aromatic N) is 2. The zero-order chi connectivity index (χ0) is 15.9. The maximum absolute atomic E-state index is 11.8. The largest absolute Gasteiger partial charge is 0.379 e. The van der Waals surface area contributed by atoms with Crippen LogP contribution in [0, 0.1) is 5.41 Å². The number of primary amides is 1. The quantitative estimate of drug-likeness (QED) is 0.776. The topological polar surface area (TPSA) is 84.5 Å². The zero-order valence-electron chi connectivity index (χ0n) is 12.7. The number of nitrogens with two attached hydrogens (primary N) is 1. The highest BCUT2D eigenvalue weighted by Gasteiger charge is 2.33. The molecule has 0 bridgehead atoms. The second kappa shape index (κ2) is 5.55. The maximum Gasteiger partial charge on any atom is 0.252 e. The summed E-state index contributed by atoms with van der Waals surface area (Å²) in [6.45, 7) is 6.32. The van der Waals surface area contributed by atoms with Gasteiger partial charge in [0, 0.05) is 23.3 Å². The van der Waals surface area contributed by atoms with Crippen molar-refractivity contribution in [1.82, 2.24) is 14.9 Å². The number of nitrogens with one attached hydrogen (secondary N) is 2. The summed E-state index contributed by atoms with van der Waals surface area (Å²) in [5.74, 6) is -0.471. The molecule has 1 atom stereocenters. The summed E-state index contributed by atoms with van der Waals surface area (Å²) in [5, 5.41) is 11.2. The van der Waals surface area contributed by atoms with Gasteiger partial charge >= 0.3 is 0 Å². The van der Waals surface area contributed by atoms with Gasteiger partial charge in [-0.25, -0.2) is 4.52 Å². The van der Waals surface area contributed by atoms with E-state index in [0.29, 0.717) is 5.56 Å². The van der Waals surface area contributed by atoms with Crippen LogP contribution in [-0.2, 0) is 0 Å². The first-order valence-electron chi connectivity index (χ1n) is 7.32. The first-order valence-corrected chi connectivity index (χ1v) is 8.12. The molecular formula is C15H20BrN5O. The molecular weight excluding hydrogens is 346 g/mol. The van der Waals surface area contributed by atoms with Gasteiger partial charge in [0.25, 0.3) is 5.91 Å². The fraction of sp³-hybridized carbons (Fsp3) is 0.467. The third-order valence-corrected chi connectivity index (χ3v) is 4.76. The number of fused-ring (bicyclic) bond motifs is 1. The molecule has 2 aromatic heterocycles. The highest BCUT2D eigenvalue weighted by molar-refractivity contribution is 9.10. The Labute approximate surface area is 137 Å². The van der Waals surface area contributed by atoms with E-state index in [4.69, 9.17) is 5.73 Å². The molecule has 2 aromatic rings. The summed E-state index contributed by atoms with van der Waals surface area (Å²) in [6.07, 6.45) is 4.37. The molecule has 0 saturated carbocycles. The van der Waals surface area contributed by atoms with Crippen molar-refractivity contribution in [2.45, 2.75) is 26.3 Å². The normalized spacial score (nSPS) is 21.0. The molecule has 1 aliphatic heterocycles. The molecule has 1 fully saturated rings. The van der Waals surface area contributed by atoms with Crippen molar-refractivity contribution in [3.63, 3.8) is 0 Å². The lowest BCUT2D eigenvalue weighted by molar-refractivity contribution is 0.100. The molecule has 0 unspecified atom stereocenters. The Morgan fingerprint density at radius 3 is 3.05 bits per heavy atom. The second-order valence-corrected chi connectivity index (χ2v) is 7.35. The number of hydrogen-bond acceptors (Lipinski definition) is 4. The predicted molar refractivity (Wildman–Crippen MR) is 90.1 cm³/mol. The van der Waals surface area contributed by atoms with Gasteiger partial charge in [-0.3, -0.25) is 4.79 Å². The average molecular weight is 366 g/mol. The van der Waals surface area contributed by atoms with Crippen molar-refractivity contribution < 1.29 is 4.79 Å². The minimum atomic E-state index is -0.471. The first-order chi connectivity index (χ1) is 10.4. The van der Waals surface area contributed by atoms with Crippen LogP contribution >= 0.6 is 15.9 Å². The molecule has 118 valence electrons. The number of amides is 1. The fourth-order valence-electron chi connectivity index (χ4n) is 2.98. The van der Waals surface area contributed by atoms with E-state index in [9.17, 15) is 4.79 Å². The van der Waals surface area contributed by atoms with Crippen LogP contribution in [0.5, 0.6) is 0 Å². The average Bonchev–Trinajstić information content (AvgIpc) is 2.81. The Hall–Kier alpha value is -1.60. The molecule has 3 rings (SSSR count). The molecule has 1 saturated heterocycles. The molecule has 3 heterocycles. The molecule has 0 aromatic carbocycles. The Balaban J connectivity index is 2.07. The third-order valence-electron chi connectivity index (χ3n) is 4.32. The van der Waals surface area contributed by atoms with Gasteiger partial charge in [0.1, 0.15) is 0 Å². The number of carbonyl (C=O) groups is 1. The summed E-state index contributed by atoms with van der Waals surface area (Å²) >= 11 is 3.45. The van der Waals surface area contributed by atoms with Crippen LogP contribution in [0.1, 0.15) is 30.6 Å². The Bertz CT molecular complexity index is 724. The molecule has 7 heteroatoms. The van der Waals surface area contributed by atoms with Crippen LogP contribution in [0.3, 0.4) is 0 Å². The predicted octanol–water partition coefficient (Wildman–Crippen LogP) is 2.00. The maximum atomic E-state index is 11.8. The molecule has 1 amide bonds. The number of aromatic nitrogens is 2. The van der Waals surface area contributed by atoms with E-state index in [1.54, 1.807) is 4.52 Å². The summed E-state index contributed by atoms with van der Waals surface area (Å²) < 4.78 is 2.65. The van der Waals surface area contributed by atoms with E-state index in [1.165, 1.54) is 6.20 Å². The monoisotopic (exact) mass is 365 g/mol. The van der Waals surface area contributed by atoms with E-state index >= 15 is 0 Å². The lowest BCUT2D eigenvalue weighted by Gasteiger charge is -2.40. The summed E-state index contributed by atoms with van der Waals surface area (Å²) in [7, 11) is 0. The van der Waals surface area contributed by atoms with Crippen molar-refractivity contribution in [1.29, 1.82) is 0 Å². The number of halogens is 1. The minimum absolute atomic E-state index is 0.0806. The van der Waals surface area contributed by atoms with E-state index in [2.05, 4.69) is 45.5 Å².